The lowest BCUT2D eigenvalue weighted by atomic mass is 9.46. The van der Waals surface area contributed by atoms with E-state index in [1.807, 2.05) is 0 Å². The van der Waals surface area contributed by atoms with Crippen molar-refractivity contribution in [1.82, 2.24) is 5.32 Å². The van der Waals surface area contributed by atoms with E-state index in [1.165, 1.54) is 12.5 Å². The maximum atomic E-state index is 12.5. The Hall–Kier alpha value is -1.65. The molecule has 1 aliphatic heterocycles. The fourth-order valence-corrected chi connectivity index (χ4v) is 6.46. The van der Waals surface area contributed by atoms with Crippen molar-refractivity contribution >= 4 is 17.8 Å². The quantitative estimate of drug-likeness (QED) is 0.443. The normalized spacial score (nSPS) is 44.8. The predicted octanol–water partition coefficient (Wildman–Crippen LogP) is 3.13. The zero-order valence-electron chi connectivity index (χ0n) is 16.0. The maximum absolute atomic E-state index is 12.5. The first-order valence-electron chi connectivity index (χ1n) is 9.95. The SMILES string of the molecule is CC(=O)O[C@H]1CC[C@@]2(C)C(=CC[C@@H]3C2CC[C@]2(C)C(=O)NC(=O)CC32)C1. The molecule has 4 aliphatic rings. The van der Waals surface area contributed by atoms with Crippen molar-refractivity contribution in [2.24, 2.45) is 28.6 Å². The number of amides is 2. The van der Waals surface area contributed by atoms with Crippen molar-refractivity contribution in [3.05, 3.63) is 11.6 Å². The van der Waals surface area contributed by atoms with Gasteiger partial charge in [0.05, 0.1) is 5.41 Å². The minimum atomic E-state index is -0.411. The number of carbonyl (C=O) groups excluding carboxylic acids is 3. The fraction of sp³-hybridized carbons (Fsp3) is 0.762. The molecule has 5 nitrogen and oxygen atoms in total. The molecule has 4 rings (SSSR count). The summed E-state index contributed by atoms with van der Waals surface area (Å²) in [5, 5.41) is 2.56. The van der Waals surface area contributed by atoms with Crippen molar-refractivity contribution in [3.8, 4) is 0 Å². The molecule has 0 bridgehead atoms. The molecule has 2 saturated carbocycles. The van der Waals surface area contributed by atoms with E-state index >= 15 is 0 Å². The second-order valence-electron chi connectivity index (χ2n) is 9.27. The van der Waals surface area contributed by atoms with Crippen LogP contribution in [0.25, 0.3) is 0 Å². The van der Waals surface area contributed by atoms with Gasteiger partial charge in [0.2, 0.25) is 11.8 Å². The molecule has 0 spiro atoms. The number of carbonyl (C=O) groups is 3. The van der Waals surface area contributed by atoms with Crippen molar-refractivity contribution < 1.29 is 19.1 Å². The van der Waals surface area contributed by atoms with Crippen LogP contribution in [0, 0.1) is 28.6 Å². The van der Waals surface area contributed by atoms with E-state index < -0.39 is 5.41 Å². The number of esters is 1. The first-order chi connectivity index (χ1) is 12.2. The summed E-state index contributed by atoms with van der Waals surface area (Å²) >= 11 is 0. The van der Waals surface area contributed by atoms with Crippen molar-refractivity contribution in [2.75, 3.05) is 0 Å². The average molecular weight is 359 g/mol. The summed E-state index contributed by atoms with van der Waals surface area (Å²) in [6.07, 6.45) is 8.38. The number of ether oxygens (including phenoxy) is 1. The summed E-state index contributed by atoms with van der Waals surface area (Å²) < 4.78 is 5.47. The third kappa shape index (κ3) is 2.54. The van der Waals surface area contributed by atoms with Crippen LogP contribution in [0.3, 0.4) is 0 Å². The minimum absolute atomic E-state index is 0.000678. The van der Waals surface area contributed by atoms with Gasteiger partial charge in [-0.1, -0.05) is 25.5 Å². The Morgan fingerprint density at radius 3 is 2.58 bits per heavy atom. The van der Waals surface area contributed by atoms with Crippen LogP contribution in [-0.4, -0.2) is 23.9 Å². The van der Waals surface area contributed by atoms with Crippen LogP contribution in [0.15, 0.2) is 11.6 Å². The van der Waals surface area contributed by atoms with Crippen LogP contribution < -0.4 is 5.32 Å². The van der Waals surface area contributed by atoms with Gasteiger partial charge in [0.1, 0.15) is 6.10 Å². The highest BCUT2D eigenvalue weighted by molar-refractivity contribution is 6.01. The second-order valence-corrected chi connectivity index (χ2v) is 9.27. The van der Waals surface area contributed by atoms with Crippen LogP contribution in [0.5, 0.6) is 0 Å². The van der Waals surface area contributed by atoms with E-state index in [2.05, 4.69) is 25.2 Å². The third-order valence-electron chi connectivity index (χ3n) is 7.96. The van der Waals surface area contributed by atoms with E-state index in [0.29, 0.717) is 18.3 Å². The summed E-state index contributed by atoms with van der Waals surface area (Å²) in [6.45, 7) is 5.88. The van der Waals surface area contributed by atoms with E-state index in [1.54, 1.807) is 0 Å². The number of rotatable bonds is 1. The van der Waals surface area contributed by atoms with Gasteiger partial charge in [-0.2, -0.15) is 0 Å². The Bertz CT molecular complexity index is 698. The van der Waals surface area contributed by atoms with Crippen LogP contribution in [-0.2, 0) is 19.1 Å². The van der Waals surface area contributed by atoms with Crippen molar-refractivity contribution in [1.29, 1.82) is 0 Å². The molecule has 1 N–H and O–H groups in total. The highest BCUT2D eigenvalue weighted by Gasteiger charge is 2.58. The van der Waals surface area contributed by atoms with Gasteiger partial charge in [-0.25, -0.2) is 0 Å². The van der Waals surface area contributed by atoms with Gasteiger partial charge < -0.3 is 4.74 Å². The zero-order valence-corrected chi connectivity index (χ0v) is 16.0. The molecule has 0 aromatic rings. The molecule has 3 fully saturated rings. The van der Waals surface area contributed by atoms with Gasteiger partial charge >= 0.3 is 5.97 Å². The molecule has 1 saturated heterocycles. The molecule has 2 amide bonds. The molecule has 2 unspecified atom stereocenters. The molecule has 26 heavy (non-hydrogen) atoms. The number of nitrogens with one attached hydrogen (secondary N) is 1. The Labute approximate surface area is 154 Å². The number of hydrogen-bond acceptors (Lipinski definition) is 4. The van der Waals surface area contributed by atoms with Crippen LogP contribution in [0.2, 0.25) is 0 Å². The lowest BCUT2D eigenvalue weighted by Gasteiger charge is -2.58. The lowest BCUT2D eigenvalue weighted by molar-refractivity contribution is -0.156. The Balaban J connectivity index is 1.62. The summed E-state index contributed by atoms with van der Waals surface area (Å²) in [5.41, 5.74) is 1.12. The monoisotopic (exact) mass is 359 g/mol. The topological polar surface area (TPSA) is 72.5 Å². The summed E-state index contributed by atoms with van der Waals surface area (Å²) in [7, 11) is 0. The van der Waals surface area contributed by atoms with Crippen LogP contribution >= 0.6 is 0 Å². The van der Waals surface area contributed by atoms with E-state index in [-0.39, 0.29) is 35.2 Å². The van der Waals surface area contributed by atoms with Gasteiger partial charge in [-0.15, -0.1) is 0 Å². The number of imide groups is 1. The standard InChI is InChI=1S/C21H29NO4/c1-12(23)26-14-6-8-20(2)13(10-14)4-5-15-16(20)7-9-21(3)17(15)11-18(24)22-19(21)25/h4,14-17H,5-11H2,1-3H3,(H,22,24,25)/t14-,15+,16?,17?,20-,21-/m0/s1. The van der Waals surface area contributed by atoms with Gasteiger partial charge in [-0.3, -0.25) is 19.7 Å². The third-order valence-corrected chi connectivity index (χ3v) is 7.96. The molecule has 0 aromatic carbocycles. The molecule has 0 aromatic heterocycles. The number of hydrogen-bond donors (Lipinski definition) is 1. The fourth-order valence-electron chi connectivity index (χ4n) is 6.46. The first-order valence-corrected chi connectivity index (χ1v) is 9.95. The van der Waals surface area contributed by atoms with Crippen molar-refractivity contribution in [3.63, 3.8) is 0 Å². The molecule has 0 radical (unpaired) electrons. The Morgan fingerprint density at radius 2 is 1.85 bits per heavy atom. The first kappa shape index (κ1) is 17.7. The smallest absolute Gasteiger partial charge is 0.302 e. The summed E-state index contributed by atoms with van der Waals surface area (Å²) in [6, 6.07) is 0. The highest BCUT2D eigenvalue weighted by atomic mass is 16.5. The summed E-state index contributed by atoms with van der Waals surface area (Å²) in [5.74, 6) is 0.656. The van der Waals surface area contributed by atoms with Gasteiger partial charge in [0, 0.05) is 19.8 Å². The molecule has 142 valence electrons. The largest absolute Gasteiger partial charge is 0.462 e. The molecular formula is C21H29NO4. The van der Waals surface area contributed by atoms with Gasteiger partial charge in [0.25, 0.3) is 0 Å². The zero-order chi connectivity index (χ0) is 18.7. The van der Waals surface area contributed by atoms with E-state index in [4.69, 9.17) is 4.74 Å². The van der Waals surface area contributed by atoms with Gasteiger partial charge in [-0.05, 0) is 55.3 Å². The van der Waals surface area contributed by atoms with Crippen LogP contribution in [0.4, 0.5) is 0 Å². The average Bonchev–Trinajstić information content (AvgIpc) is 2.56. The number of fused-ring (bicyclic) bond motifs is 5. The Kier molecular flexibility index (Phi) is 4.05. The second kappa shape index (κ2) is 5.93. The number of allylic oxidation sites excluding steroid dienone is 1. The predicted molar refractivity (Wildman–Crippen MR) is 95.8 cm³/mol. The molecule has 3 aliphatic carbocycles. The van der Waals surface area contributed by atoms with Crippen LogP contribution in [0.1, 0.15) is 65.7 Å². The van der Waals surface area contributed by atoms with E-state index in [0.717, 1.165) is 38.5 Å². The van der Waals surface area contributed by atoms with Gasteiger partial charge in [0.15, 0.2) is 0 Å². The molecule has 6 atom stereocenters. The molecule has 5 heteroatoms. The van der Waals surface area contributed by atoms with E-state index in [9.17, 15) is 14.4 Å². The molecule has 1 heterocycles. The summed E-state index contributed by atoms with van der Waals surface area (Å²) in [4.78, 5) is 35.9. The number of piperidine rings is 1. The minimum Gasteiger partial charge on any atom is -0.462 e. The Morgan fingerprint density at radius 1 is 1.12 bits per heavy atom. The van der Waals surface area contributed by atoms with Crippen molar-refractivity contribution in [2.45, 2.75) is 71.8 Å². The lowest BCUT2D eigenvalue weighted by Crippen LogP contribution is -2.60. The molecular weight excluding hydrogens is 330 g/mol. The highest BCUT2D eigenvalue weighted by Crippen LogP contribution is 2.62. The maximum Gasteiger partial charge on any atom is 0.302 e.